The van der Waals surface area contributed by atoms with Crippen LogP contribution in [0.1, 0.15) is 30.9 Å². The second-order valence-electron chi connectivity index (χ2n) is 4.60. The van der Waals surface area contributed by atoms with Crippen LogP contribution in [0.15, 0.2) is 16.6 Å². The predicted octanol–water partition coefficient (Wildman–Crippen LogP) is 4.05. The zero-order valence-electron chi connectivity index (χ0n) is 9.68. The molecule has 1 aliphatic rings. The molecule has 0 radical (unpaired) electrons. The van der Waals surface area contributed by atoms with Crippen LogP contribution in [0.25, 0.3) is 0 Å². The Morgan fingerprint density at radius 3 is 2.60 bits per heavy atom. The van der Waals surface area contributed by atoms with Gasteiger partial charge in [-0.1, -0.05) is 6.07 Å². The first kappa shape index (κ1) is 11.0. The van der Waals surface area contributed by atoms with Crippen molar-refractivity contribution in [3.05, 3.63) is 27.7 Å². The zero-order chi connectivity index (χ0) is 11.0. The molecule has 1 aliphatic heterocycles. The highest BCUT2D eigenvalue weighted by Gasteiger charge is 2.23. The lowest BCUT2D eigenvalue weighted by atomic mass is 10.1. The highest BCUT2D eigenvalue weighted by molar-refractivity contribution is 9.10. The van der Waals surface area contributed by atoms with Gasteiger partial charge in [-0.2, -0.15) is 0 Å². The van der Waals surface area contributed by atoms with Gasteiger partial charge in [-0.15, -0.1) is 0 Å². The molecule has 0 saturated carbocycles. The third-order valence-electron chi connectivity index (χ3n) is 3.24. The number of rotatable bonds is 1. The minimum absolute atomic E-state index is 0.683. The SMILES string of the molecule is Cc1cc(C)c(N2CCCC2C)c(Br)c1. The normalized spacial score (nSPS) is 21.1. The van der Waals surface area contributed by atoms with Gasteiger partial charge in [0.25, 0.3) is 0 Å². The van der Waals surface area contributed by atoms with Crippen molar-refractivity contribution in [2.75, 3.05) is 11.4 Å². The number of hydrogen-bond donors (Lipinski definition) is 0. The molecule has 1 fully saturated rings. The summed E-state index contributed by atoms with van der Waals surface area (Å²) in [6.07, 6.45) is 2.64. The summed E-state index contributed by atoms with van der Waals surface area (Å²) in [7, 11) is 0. The molecule has 1 atom stereocenters. The summed E-state index contributed by atoms with van der Waals surface area (Å²) in [4.78, 5) is 2.53. The van der Waals surface area contributed by atoms with Gasteiger partial charge in [0.05, 0.1) is 5.69 Å². The Kier molecular flexibility index (Phi) is 3.06. The van der Waals surface area contributed by atoms with E-state index in [2.05, 4.69) is 53.7 Å². The molecular weight excluding hydrogens is 250 g/mol. The molecule has 0 spiro atoms. The van der Waals surface area contributed by atoms with Crippen LogP contribution in [0.5, 0.6) is 0 Å². The van der Waals surface area contributed by atoms with Crippen molar-refractivity contribution in [2.45, 2.75) is 39.7 Å². The van der Waals surface area contributed by atoms with Crippen LogP contribution >= 0.6 is 15.9 Å². The largest absolute Gasteiger partial charge is 0.368 e. The summed E-state index contributed by atoms with van der Waals surface area (Å²) in [6, 6.07) is 5.17. The number of nitrogens with zero attached hydrogens (tertiary/aromatic N) is 1. The summed E-state index contributed by atoms with van der Waals surface area (Å²) < 4.78 is 1.24. The first-order valence-corrected chi connectivity index (χ1v) is 6.42. The Morgan fingerprint density at radius 2 is 2.07 bits per heavy atom. The van der Waals surface area contributed by atoms with E-state index in [0.29, 0.717) is 6.04 Å². The van der Waals surface area contributed by atoms with Crippen LogP contribution in [-0.4, -0.2) is 12.6 Å². The molecule has 15 heavy (non-hydrogen) atoms. The fourth-order valence-corrected chi connectivity index (χ4v) is 3.44. The third-order valence-corrected chi connectivity index (χ3v) is 3.84. The molecule has 1 nitrogen and oxygen atoms in total. The van der Waals surface area contributed by atoms with E-state index in [9.17, 15) is 0 Å². The Balaban J connectivity index is 2.43. The molecule has 1 saturated heterocycles. The first-order valence-electron chi connectivity index (χ1n) is 5.63. The maximum absolute atomic E-state index is 3.69. The molecule has 0 amide bonds. The molecule has 0 bridgehead atoms. The molecule has 0 aromatic heterocycles. The van der Waals surface area contributed by atoms with Crippen LogP contribution in [-0.2, 0) is 0 Å². The molecule has 0 N–H and O–H groups in total. The van der Waals surface area contributed by atoms with Crippen LogP contribution in [0.3, 0.4) is 0 Å². The summed E-state index contributed by atoms with van der Waals surface area (Å²) >= 11 is 3.69. The van der Waals surface area contributed by atoms with E-state index in [0.717, 1.165) is 0 Å². The second-order valence-corrected chi connectivity index (χ2v) is 5.45. The molecular formula is C13H18BrN. The Labute approximate surface area is 101 Å². The minimum Gasteiger partial charge on any atom is -0.368 e. The second kappa shape index (κ2) is 4.17. The van der Waals surface area contributed by atoms with Gasteiger partial charge in [-0.05, 0) is 66.7 Å². The van der Waals surface area contributed by atoms with Crippen LogP contribution < -0.4 is 4.90 Å². The average molecular weight is 268 g/mol. The number of hydrogen-bond acceptors (Lipinski definition) is 1. The molecule has 0 aliphatic carbocycles. The van der Waals surface area contributed by atoms with E-state index in [1.54, 1.807) is 0 Å². The van der Waals surface area contributed by atoms with E-state index < -0.39 is 0 Å². The van der Waals surface area contributed by atoms with Gasteiger partial charge in [0.1, 0.15) is 0 Å². The molecule has 82 valence electrons. The van der Waals surface area contributed by atoms with Crippen molar-refractivity contribution in [1.29, 1.82) is 0 Å². The van der Waals surface area contributed by atoms with E-state index in [4.69, 9.17) is 0 Å². The van der Waals surface area contributed by atoms with Crippen molar-refractivity contribution in [3.8, 4) is 0 Å². The molecule has 2 rings (SSSR count). The Hall–Kier alpha value is -0.500. The quantitative estimate of drug-likeness (QED) is 0.742. The lowest BCUT2D eigenvalue weighted by Crippen LogP contribution is -2.27. The minimum atomic E-state index is 0.683. The predicted molar refractivity (Wildman–Crippen MR) is 69.7 cm³/mol. The summed E-state index contributed by atoms with van der Waals surface area (Å²) in [6.45, 7) is 7.87. The van der Waals surface area contributed by atoms with E-state index in [-0.39, 0.29) is 0 Å². The average Bonchev–Trinajstić information content (AvgIpc) is 2.50. The standard InChI is InChI=1S/C13H18BrN/c1-9-7-10(2)13(12(14)8-9)15-6-4-5-11(15)3/h7-8,11H,4-6H2,1-3H3. The highest BCUT2D eigenvalue weighted by atomic mass is 79.9. The first-order chi connectivity index (χ1) is 7.09. The van der Waals surface area contributed by atoms with Gasteiger partial charge in [-0.3, -0.25) is 0 Å². The molecule has 1 aromatic carbocycles. The van der Waals surface area contributed by atoms with Crippen molar-refractivity contribution in [2.24, 2.45) is 0 Å². The van der Waals surface area contributed by atoms with Crippen molar-refractivity contribution in [3.63, 3.8) is 0 Å². The number of benzene rings is 1. The van der Waals surface area contributed by atoms with Gasteiger partial charge in [0.2, 0.25) is 0 Å². The van der Waals surface area contributed by atoms with Crippen molar-refractivity contribution >= 4 is 21.6 Å². The van der Waals surface area contributed by atoms with Gasteiger partial charge < -0.3 is 4.90 Å². The van der Waals surface area contributed by atoms with Crippen LogP contribution in [0.2, 0.25) is 0 Å². The molecule has 2 heteroatoms. The monoisotopic (exact) mass is 267 g/mol. The lowest BCUT2D eigenvalue weighted by Gasteiger charge is -2.27. The van der Waals surface area contributed by atoms with Gasteiger partial charge in [0.15, 0.2) is 0 Å². The van der Waals surface area contributed by atoms with Gasteiger partial charge >= 0.3 is 0 Å². The summed E-state index contributed by atoms with van der Waals surface area (Å²) in [5, 5.41) is 0. The summed E-state index contributed by atoms with van der Waals surface area (Å²) in [5.74, 6) is 0. The molecule has 1 aromatic rings. The molecule has 1 unspecified atom stereocenters. The third kappa shape index (κ3) is 2.05. The Morgan fingerprint density at radius 1 is 1.33 bits per heavy atom. The van der Waals surface area contributed by atoms with E-state index >= 15 is 0 Å². The van der Waals surface area contributed by atoms with Crippen LogP contribution in [0, 0.1) is 13.8 Å². The molecule has 1 heterocycles. The van der Waals surface area contributed by atoms with Crippen LogP contribution in [0.4, 0.5) is 5.69 Å². The summed E-state index contributed by atoms with van der Waals surface area (Å²) in [5.41, 5.74) is 4.11. The smallest absolute Gasteiger partial charge is 0.0542 e. The fraction of sp³-hybridized carbons (Fsp3) is 0.538. The number of halogens is 1. The Bertz CT molecular complexity index is 350. The lowest BCUT2D eigenvalue weighted by molar-refractivity contribution is 0.732. The van der Waals surface area contributed by atoms with Gasteiger partial charge in [-0.25, -0.2) is 0 Å². The van der Waals surface area contributed by atoms with Gasteiger partial charge in [0, 0.05) is 17.1 Å². The maximum Gasteiger partial charge on any atom is 0.0542 e. The van der Waals surface area contributed by atoms with E-state index in [1.165, 1.54) is 40.7 Å². The van der Waals surface area contributed by atoms with Crippen molar-refractivity contribution in [1.82, 2.24) is 0 Å². The fourth-order valence-electron chi connectivity index (χ4n) is 2.54. The zero-order valence-corrected chi connectivity index (χ0v) is 11.3. The van der Waals surface area contributed by atoms with Crippen molar-refractivity contribution < 1.29 is 0 Å². The highest BCUT2D eigenvalue weighted by Crippen LogP contribution is 2.35. The topological polar surface area (TPSA) is 3.24 Å². The number of aryl methyl sites for hydroxylation is 2. The van der Waals surface area contributed by atoms with E-state index in [1.807, 2.05) is 0 Å². The maximum atomic E-state index is 3.69. The number of anilines is 1.